The topological polar surface area (TPSA) is 20.2 Å². The van der Waals surface area contributed by atoms with E-state index >= 15 is 0 Å². The minimum atomic E-state index is 0.414. The van der Waals surface area contributed by atoms with Gasteiger partial charge in [-0.05, 0) is 60.7 Å². The van der Waals surface area contributed by atoms with Gasteiger partial charge in [-0.3, -0.25) is 0 Å². The van der Waals surface area contributed by atoms with E-state index in [1.165, 1.54) is 32.1 Å². The Hall–Kier alpha value is -0.0400. The SMILES string of the molecule is CC(C)[C@@H]1CC[C@H](C)[C@@H]2C(CO)CC[C@@]2(C)C1. The molecule has 0 aromatic heterocycles. The monoisotopic (exact) mass is 238 g/mol. The van der Waals surface area contributed by atoms with Gasteiger partial charge in [0.05, 0.1) is 0 Å². The number of aliphatic hydroxyl groups excluding tert-OH is 1. The maximum Gasteiger partial charge on any atom is 0.0462 e. The number of hydrogen-bond acceptors (Lipinski definition) is 1. The lowest BCUT2D eigenvalue weighted by atomic mass is 9.68. The Morgan fingerprint density at radius 2 is 1.94 bits per heavy atom. The molecule has 2 fully saturated rings. The van der Waals surface area contributed by atoms with Gasteiger partial charge in [-0.15, -0.1) is 0 Å². The molecule has 0 aromatic rings. The summed E-state index contributed by atoms with van der Waals surface area (Å²) in [6, 6.07) is 0. The minimum Gasteiger partial charge on any atom is -0.396 e. The molecule has 0 saturated heterocycles. The van der Waals surface area contributed by atoms with Gasteiger partial charge in [0, 0.05) is 6.61 Å². The number of hydrogen-bond donors (Lipinski definition) is 1. The van der Waals surface area contributed by atoms with Gasteiger partial charge in [-0.2, -0.15) is 0 Å². The van der Waals surface area contributed by atoms with Crippen LogP contribution in [0.1, 0.15) is 59.8 Å². The van der Waals surface area contributed by atoms with Crippen LogP contribution < -0.4 is 0 Å². The van der Waals surface area contributed by atoms with E-state index in [1.54, 1.807) is 0 Å². The molecule has 1 nitrogen and oxygen atoms in total. The molecule has 2 aliphatic rings. The normalized spacial score (nSPS) is 46.9. The van der Waals surface area contributed by atoms with Gasteiger partial charge in [0.15, 0.2) is 0 Å². The predicted molar refractivity (Wildman–Crippen MR) is 72.7 cm³/mol. The molecule has 2 aliphatic carbocycles. The van der Waals surface area contributed by atoms with Crippen molar-refractivity contribution in [3.8, 4) is 0 Å². The largest absolute Gasteiger partial charge is 0.396 e. The predicted octanol–water partition coefficient (Wildman–Crippen LogP) is 4.10. The van der Waals surface area contributed by atoms with E-state index in [0.29, 0.717) is 17.9 Å². The van der Waals surface area contributed by atoms with Gasteiger partial charge in [0.1, 0.15) is 0 Å². The standard InChI is InChI=1S/C16H30O/c1-11(2)13-6-5-12(3)15-14(10-17)7-8-16(15,4)9-13/h11-15,17H,5-10H2,1-4H3/t12-,13+,14?,15+,16-/m0/s1. The molecule has 0 amide bonds. The third kappa shape index (κ3) is 2.41. The van der Waals surface area contributed by atoms with E-state index in [-0.39, 0.29) is 0 Å². The lowest BCUT2D eigenvalue weighted by Gasteiger charge is -2.37. The van der Waals surface area contributed by atoms with Crippen molar-refractivity contribution in [3.05, 3.63) is 0 Å². The van der Waals surface area contributed by atoms with Crippen LogP contribution in [0.25, 0.3) is 0 Å². The molecule has 1 N–H and O–H groups in total. The molecule has 5 atom stereocenters. The van der Waals surface area contributed by atoms with E-state index in [9.17, 15) is 5.11 Å². The molecule has 0 heterocycles. The fourth-order valence-electron chi connectivity index (χ4n) is 4.95. The molecule has 17 heavy (non-hydrogen) atoms. The molecule has 2 saturated carbocycles. The highest BCUT2D eigenvalue weighted by Crippen LogP contribution is 2.57. The highest BCUT2D eigenvalue weighted by Gasteiger charge is 2.49. The van der Waals surface area contributed by atoms with Crippen LogP contribution >= 0.6 is 0 Å². The van der Waals surface area contributed by atoms with Gasteiger partial charge in [0.25, 0.3) is 0 Å². The summed E-state index contributed by atoms with van der Waals surface area (Å²) in [4.78, 5) is 0. The third-order valence-electron chi connectivity index (χ3n) is 5.91. The summed E-state index contributed by atoms with van der Waals surface area (Å²) in [5.74, 6) is 3.90. The van der Waals surface area contributed by atoms with E-state index in [4.69, 9.17) is 0 Å². The maximum absolute atomic E-state index is 9.60. The lowest BCUT2D eigenvalue weighted by Crippen LogP contribution is -2.31. The Morgan fingerprint density at radius 1 is 1.24 bits per heavy atom. The van der Waals surface area contributed by atoms with Gasteiger partial charge in [-0.25, -0.2) is 0 Å². The van der Waals surface area contributed by atoms with Crippen molar-refractivity contribution in [2.45, 2.75) is 59.8 Å². The molecule has 0 bridgehead atoms. The summed E-state index contributed by atoms with van der Waals surface area (Å²) in [6.45, 7) is 10.1. The molecule has 100 valence electrons. The zero-order valence-corrected chi connectivity index (χ0v) is 12.1. The van der Waals surface area contributed by atoms with E-state index < -0.39 is 0 Å². The summed E-state index contributed by atoms with van der Waals surface area (Å²) in [6.07, 6.45) is 6.78. The first kappa shape index (κ1) is 13.4. The maximum atomic E-state index is 9.60. The molecule has 1 heteroatoms. The Morgan fingerprint density at radius 3 is 2.53 bits per heavy atom. The van der Waals surface area contributed by atoms with Crippen molar-refractivity contribution in [1.29, 1.82) is 0 Å². The van der Waals surface area contributed by atoms with Crippen molar-refractivity contribution < 1.29 is 5.11 Å². The van der Waals surface area contributed by atoms with E-state index in [1.807, 2.05) is 0 Å². The van der Waals surface area contributed by atoms with Gasteiger partial charge >= 0.3 is 0 Å². The highest BCUT2D eigenvalue weighted by molar-refractivity contribution is 4.99. The summed E-state index contributed by atoms with van der Waals surface area (Å²) in [5.41, 5.74) is 0.512. The Kier molecular flexibility index (Phi) is 3.87. The molecule has 2 rings (SSSR count). The van der Waals surface area contributed by atoms with Gasteiger partial charge in [-0.1, -0.05) is 34.1 Å². The molecule has 1 unspecified atom stereocenters. The first-order chi connectivity index (χ1) is 7.98. The van der Waals surface area contributed by atoms with Crippen molar-refractivity contribution in [2.24, 2.45) is 35.0 Å². The average Bonchev–Trinajstić information content (AvgIpc) is 2.54. The summed E-state index contributed by atoms with van der Waals surface area (Å²) < 4.78 is 0. The quantitative estimate of drug-likeness (QED) is 0.768. The molecule has 0 spiro atoms. The van der Waals surface area contributed by atoms with Crippen LogP contribution in [-0.2, 0) is 0 Å². The second kappa shape index (κ2) is 4.91. The second-order valence-corrected chi connectivity index (χ2v) is 7.42. The van der Waals surface area contributed by atoms with Gasteiger partial charge in [0.2, 0.25) is 0 Å². The molecular weight excluding hydrogens is 208 g/mol. The smallest absolute Gasteiger partial charge is 0.0462 e. The molecular formula is C16H30O. The molecule has 0 radical (unpaired) electrons. The number of rotatable bonds is 2. The Labute approximate surface area is 107 Å². The van der Waals surface area contributed by atoms with Crippen molar-refractivity contribution in [1.82, 2.24) is 0 Å². The van der Waals surface area contributed by atoms with E-state index in [2.05, 4.69) is 27.7 Å². The van der Waals surface area contributed by atoms with Crippen LogP contribution in [0.5, 0.6) is 0 Å². The van der Waals surface area contributed by atoms with Gasteiger partial charge < -0.3 is 5.11 Å². The summed E-state index contributed by atoms with van der Waals surface area (Å²) in [7, 11) is 0. The van der Waals surface area contributed by atoms with Crippen LogP contribution in [0, 0.1) is 35.0 Å². The molecule has 0 aromatic carbocycles. The average molecular weight is 238 g/mol. The van der Waals surface area contributed by atoms with Crippen LogP contribution in [0.4, 0.5) is 0 Å². The van der Waals surface area contributed by atoms with Crippen LogP contribution in [-0.4, -0.2) is 11.7 Å². The van der Waals surface area contributed by atoms with E-state index in [0.717, 1.165) is 23.7 Å². The first-order valence-electron chi connectivity index (χ1n) is 7.59. The lowest BCUT2D eigenvalue weighted by molar-refractivity contribution is 0.0855. The van der Waals surface area contributed by atoms with Crippen LogP contribution in [0.15, 0.2) is 0 Å². The first-order valence-corrected chi connectivity index (χ1v) is 7.59. The zero-order chi connectivity index (χ0) is 12.6. The minimum absolute atomic E-state index is 0.414. The fraction of sp³-hybridized carbons (Fsp3) is 1.00. The zero-order valence-electron chi connectivity index (χ0n) is 12.1. The Balaban J connectivity index is 2.20. The number of fused-ring (bicyclic) bond motifs is 1. The summed E-state index contributed by atoms with van der Waals surface area (Å²) >= 11 is 0. The number of aliphatic hydroxyl groups is 1. The van der Waals surface area contributed by atoms with Crippen LogP contribution in [0.3, 0.4) is 0 Å². The second-order valence-electron chi connectivity index (χ2n) is 7.42. The van der Waals surface area contributed by atoms with Crippen molar-refractivity contribution in [2.75, 3.05) is 6.61 Å². The molecule has 0 aliphatic heterocycles. The third-order valence-corrected chi connectivity index (χ3v) is 5.91. The fourth-order valence-corrected chi connectivity index (χ4v) is 4.95. The van der Waals surface area contributed by atoms with Crippen molar-refractivity contribution in [3.63, 3.8) is 0 Å². The Bertz CT molecular complexity index is 260. The summed E-state index contributed by atoms with van der Waals surface area (Å²) in [5, 5.41) is 9.60. The van der Waals surface area contributed by atoms with Crippen molar-refractivity contribution >= 4 is 0 Å². The highest BCUT2D eigenvalue weighted by atomic mass is 16.3. The van der Waals surface area contributed by atoms with Crippen LogP contribution in [0.2, 0.25) is 0 Å².